The van der Waals surface area contributed by atoms with Crippen LogP contribution in [-0.4, -0.2) is 29.8 Å². The van der Waals surface area contributed by atoms with E-state index in [0.717, 1.165) is 11.1 Å². The zero-order chi connectivity index (χ0) is 19.9. The van der Waals surface area contributed by atoms with Crippen molar-refractivity contribution in [3.63, 3.8) is 0 Å². The molecule has 0 spiro atoms. The quantitative estimate of drug-likeness (QED) is 0.758. The lowest BCUT2D eigenvalue weighted by atomic mass is 9.95. The molecule has 0 bridgehead atoms. The molecule has 1 aliphatic rings. The highest BCUT2D eigenvalue weighted by Crippen LogP contribution is 2.24. The molecule has 2 aromatic rings. The maximum absolute atomic E-state index is 12.6. The Balaban J connectivity index is 1.49. The summed E-state index contributed by atoms with van der Waals surface area (Å²) >= 11 is 6.21. The highest BCUT2D eigenvalue weighted by Gasteiger charge is 2.27. The first-order valence-corrected chi connectivity index (χ1v) is 9.99. The minimum absolute atomic E-state index is 0.00727. The highest BCUT2D eigenvalue weighted by molar-refractivity contribution is 6.31. The van der Waals surface area contributed by atoms with Crippen LogP contribution in [-0.2, 0) is 9.59 Å². The number of carbonyl (C=O) groups excluding carboxylic acids is 2. The average molecular weight is 397 g/mol. The predicted octanol–water partition coefficient (Wildman–Crippen LogP) is 4.47. The molecule has 1 fully saturated rings. The fourth-order valence-corrected chi connectivity index (χ4v) is 3.73. The highest BCUT2D eigenvalue weighted by atomic mass is 35.5. The van der Waals surface area contributed by atoms with E-state index in [1.807, 2.05) is 67.6 Å². The van der Waals surface area contributed by atoms with Gasteiger partial charge in [-0.3, -0.25) is 9.59 Å². The van der Waals surface area contributed by atoms with Crippen LogP contribution in [0.5, 0.6) is 0 Å². The van der Waals surface area contributed by atoms with Gasteiger partial charge in [0.2, 0.25) is 11.8 Å². The number of likely N-dealkylation sites (tertiary alicyclic amines) is 1. The molecule has 0 saturated carbocycles. The summed E-state index contributed by atoms with van der Waals surface area (Å²) in [6.07, 6.45) is 4.78. The summed E-state index contributed by atoms with van der Waals surface area (Å²) in [5.74, 6) is -0.0569. The molecule has 0 aliphatic carbocycles. The maximum Gasteiger partial charge on any atom is 0.246 e. The van der Waals surface area contributed by atoms with Gasteiger partial charge in [-0.05, 0) is 43.0 Å². The van der Waals surface area contributed by atoms with Crippen LogP contribution in [0.4, 0.5) is 0 Å². The van der Waals surface area contributed by atoms with Gasteiger partial charge in [0, 0.05) is 30.1 Å². The van der Waals surface area contributed by atoms with Crippen molar-refractivity contribution < 1.29 is 9.59 Å². The van der Waals surface area contributed by atoms with Gasteiger partial charge in [-0.2, -0.15) is 0 Å². The van der Waals surface area contributed by atoms with E-state index in [4.69, 9.17) is 11.6 Å². The lowest BCUT2D eigenvalue weighted by molar-refractivity contribution is -0.132. The summed E-state index contributed by atoms with van der Waals surface area (Å²) in [4.78, 5) is 26.8. The minimum Gasteiger partial charge on any atom is -0.349 e. The van der Waals surface area contributed by atoms with Crippen LogP contribution in [0.2, 0.25) is 5.02 Å². The normalized spacial score (nSPS) is 16.1. The van der Waals surface area contributed by atoms with E-state index >= 15 is 0 Å². The number of rotatable bonds is 5. The molecule has 2 aromatic carbocycles. The van der Waals surface area contributed by atoms with E-state index in [1.165, 1.54) is 0 Å². The molecule has 4 nitrogen and oxygen atoms in total. The number of amides is 2. The van der Waals surface area contributed by atoms with Gasteiger partial charge in [-0.1, -0.05) is 60.1 Å². The van der Waals surface area contributed by atoms with Crippen molar-refractivity contribution in [1.82, 2.24) is 10.2 Å². The molecular formula is C23H25ClN2O2. The van der Waals surface area contributed by atoms with Crippen molar-refractivity contribution in [2.24, 2.45) is 5.92 Å². The summed E-state index contributed by atoms with van der Waals surface area (Å²) in [5.41, 5.74) is 1.91. The molecular weight excluding hydrogens is 372 g/mol. The van der Waals surface area contributed by atoms with E-state index in [9.17, 15) is 9.59 Å². The number of piperidine rings is 1. The molecule has 5 heteroatoms. The Labute approximate surface area is 171 Å². The molecule has 1 aliphatic heterocycles. The summed E-state index contributed by atoms with van der Waals surface area (Å²) in [7, 11) is 0. The Morgan fingerprint density at radius 1 is 1.07 bits per heavy atom. The zero-order valence-electron chi connectivity index (χ0n) is 16.0. The molecule has 2 amide bonds. The number of benzene rings is 2. The van der Waals surface area contributed by atoms with E-state index in [2.05, 4.69) is 5.32 Å². The van der Waals surface area contributed by atoms with Crippen LogP contribution in [0.25, 0.3) is 6.08 Å². The third-order valence-corrected chi connectivity index (χ3v) is 5.47. The van der Waals surface area contributed by atoms with Crippen LogP contribution in [0.1, 0.15) is 36.9 Å². The lowest BCUT2D eigenvalue weighted by Crippen LogP contribution is -2.43. The lowest BCUT2D eigenvalue weighted by Gasteiger charge is -2.31. The summed E-state index contributed by atoms with van der Waals surface area (Å²) in [6.45, 7) is 3.12. The van der Waals surface area contributed by atoms with Crippen molar-refractivity contribution >= 4 is 29.5 Å². The second-order valence-electron chi connectivity index (χ2n) is 7.10. The minimum atomic E-state index is -0.144. The topological polar surface area (TPSA) is 49.4 Å². The molecule has 146 valence electrons. The van der Waals surface area contributed by atoms with Gasteiger partial charge < -0.3 is 10.2 Å². The van der Waals surface area contributed by atoms with Crippen LogP contribution in [0.3, 0.4) is 0 Å². The number of carbonyl (C=O) groups is 2. The van der Waals surface area contributed by atoms with Crippen molar-refractivity contribution in [3.05, 3.63) is 76.8 Å². The molecule has 1 atom stereocenters. The van der Waals surface area contributed by atoms with Crippen molar-refractivity contribution in [1.29, 1.82) is 0 Å². The average Bonchev–Trinajstić information content (AvgIpc) is 2.73. The maximum atomic E-state index is 12.6. The molecule has 1 N–H and O–H groups in total. The summed E-state index contributed by atoms with van der Waals surface area (Å²) in [6, 6.07) is 17.1. The van der Waals surface area contributed by atoms with E-state index in [1.54, 1.807) is 11.0 Å². The van der Waals surface area contributed by atoms with E-state index in [0.29, 0.717) is 31.0 Å². The number of halogens is 1. The van der Waals surface area contributed by atoms with Gasteiger partial charge in [0.05, 0.1) is 6.04 Å². The molecule has 3 rings (SSSR count). The Morgan fingerprint density at radius 3 is 2.39 bits per heavy atom. The van der Waals surface area contributed by atoms with Gasteiger partial charge in [0.25, 0.3) is 0 Å². The Bertz CT molecular complexity index is 843. The second kappa shape index (κ2) is 9.56. The molecule has 1 unspecified atom stereocenters. The monoisotopic (exact) mass is 396 g/mol. The third-order valence-electron chi connectivity index (χ3n) is 5.13. The van der Waals surface area contributed by atoms with Crippen LogP contribution in [0.15, 0.2) is 60.7 Å². The van der Waals surface area contributed by atoms with Crippen molar-refractivity contribution in [2.45, 2.75) is 25.8 Å². The summed E-state index contributed by atoms with van der Waals surface area (Å²) < 4.78 is 0. The molecule has 28 heavy (non-hydrogen) atoms. The molecule has 1 saturated heterocycles. The smallest absolute Gasteiger partial charge is 0.246 e. The Morgan fingerprint density at radius 2 is 1.71 bits per heavy atom. The van der Waals surface area contributed by atoms with Gasteiger partial charge in [-0.15, -0.1) is 0 Å². The second-order valence-corrected chi connectivity index (χ2v) is 7.50. The predicted molar refractivity (Wildman–Crippen MR) is 113 cm³/mol. The number of hydrogen-bond donors (Lipinski definition) is 1. The molecule has 0 radical (unpaired) electrons. The van der Waals surface area contributed by atoms with Crippen molar-refractivity contribution in [3.8, 4) is 0 Å². The first kappa shape index (κ1) is 20.2. The fraction of sp³-hybridized carbons (Fsp3) is 0.304. The van der Waals surface area contributed by atoms with Gasteiger partial charge >= 0.3 is 0 Å². The van der Waals surface area contributed by atoms with E-state index in [-0.39, 0.29) is 23.8 Å². The van der Waals surface area contributed by atoms with Crippen LogP contribution < -0.4 is 5.32 Å². The van der Waals surface area contributed by atoms with E-state index < -0.39 is 0 Å². The van der Waals surface area contributed by atoms with Crippen molar-refractivity contribution in [2.75, 3.05) is 13.1 Å². The Kier molecular flexibility index (Phi) is 6.88. The largest absolute Gasteiger partial charge is 0.349 e. The molecule has 0 aromatic heterocycles. The Hall–Kier alpha value is -2.59. The van der Waals surface area contributed by atoms with Gasteiger partial charge in [-0.25, -0.2) is 0 Å². The first-order chi connectivity index (χ1) is 13.5. The van der Waals surface area contributed by atoms with Gasteiger partial charge in [0.15, 0.2) is 0 Å². The summed E-state index contributed by atoms with van der Waals surface area (Å²) in [5, 5.41) is 3.71. The fourth-order valence-electron chi connectivity index (χ4n) is 3.43. The number of nitrogens with zero attached hydrogens (tertiary/aromatic N) is 1. The zero-order valence-corrected chi connectivity index (χ0v) is 16.7. The van der Waals surface area contributed by atoms with Crippen LogP contribution in [0, 0.1) is 5.92 Å². The third kappa shape index (κ3) is 5.23. The SMILES string of the molecule is CC(NC(=O)C1CCN(C(=O)/C=C/c2ccccc2)CC1)c1ccccc1Cl. The first-order valence-electron chi connectivity index (χ1n) is 9.61. The molecule has 1 heterocycles. The standard InChI is InChI=1S/C23H25ClN2O2/c1-17(20-9-5-6-10-21(20)24)25-23(28)19-13-15-26(16-14-19)22(27)12-11-18-7-3-2-4-8-18/h2-12,17,19H,13-16H2,1H3,(H,25,28)/b12-11+. The number of hydrogen-bond acceptors (Lipinski definition) is 2. The van der Waals surface area contributed by atoms with Gasteiger partial charge in [0.1, 0.15) is 0 Å². The van der Waals surface area contributed by atoms with Crippen LogP contribution >= 0.6 is 11.6 Å². The number of nitrogens with one attached hydrogen (secondary N) is 1.